The lowest BCUT2D eigenvalue weighted by molar-refractivity contribution is 0.0672. The fraction of sp³-hybridized carbons (Fsp3) is 0.471. The van der Waals surface area contributed by atoms with Crippen LogP contribution < -0.4 is 5.32 Å². The number of piperidine rings is 1. The third-order valence-electron chi connectivity index (χ3n) is 4.52. The first-order valence-electron chi connectivity index (χ1n) is 8.30. The highest BCUT2D eigenvalue weighted by atomic mass is 16.2. The topological polar surface area (TPSA) is 63.1 Å². The Morgan fingerprint density at radius 2 is 2.17 bits per heavy atom. The molecule has 0 radical (unpaired) electrons. The van der Waals surface area contributed by atoms with Crippen LogP contribution in [0.5, 0.6) is 0 Å². The van der Waals surface area contributed by atoms with E-state index in [0.717, 1.165) is 25.2 Å². The van der Waals surface area contributed by atoms with Gasteiger partial charge in [-0.3, -0.25) is 9.48 Å². The summed E-state index contributed by atoms with van der Waals surface area (Å²) >= 11 is 0. The number of pyridine rings is 1. The molecule has 3 heterocycles. The van der Waals surface area contributed by atoms with Gasteiger partial charge in [0.2, 0.25) is 0 Å². The normalized spacial score (nSPS) is 21.2. The average Bonchev–Trinajstić information content (AvgIpc) is 3.24. The number of aromatic nitrogens is 3. The van der Waals surface area contributed by atoms with E-state index in [9.17, 15) is 4.79 Å². The maximum atomic E-state index is 12.7. The number of amides is 1. The molecule has 6 nitrogen and oxygen atoms in total. The van der Waals surface area contributed by atoms with Crippen molar-refractivity contribution in [1.29, 1.82) is 0 Å². The molecule has 4 rings (SSSR count). The number of nitrogens with one attached hydrogen (secondary N) is 1. The molecule has 6 heteroatoms. The SMILES string of the molecule is O=C(c1ccc(NC2CC2)nc1)N1CCC[C@@H](n2cccn2)C1. The Morgan fingerprint density at radius 1 is 1.26 bits per heavy atom. The number of anilines is 1. The van der Waals surface area contributed by atoms with Crippen LogP contribution in [0.3, 0.4) is 0 Å². The molecular formula is C17H21N5O. The van der Waals surface area contributed by atoms with E-state index in [1.54, 1.807) is 12.4 Å². The van der Waals surface area contributed by atoms with E-state index in [0.29, 0.717) is 18.2 Å². The van der Waals surface area contributed by atoms with Crippen LogP contribution in [0.1, 0.15) is 42.1 Å². The first-order chi connectivity index (χ1) is 11.3. The van der Waals surface area contributed by atoms with Crippen molar-refractivity contribution in [3.05, 3.63) is 42.4 Å². The number of likely N-dealkylation sites (tertiary alicyclic amines) is 1. The Kier molecular flexibility index (Phi) is 3.73. The third kappa shape index (κ3) is 3.21. The minimum atomic E-state index is 0.0623. The van der Waals surface area contributed by atoms with Gasteiger partial charge in [0.05, 0.1) is 11.6 Å². The molecule has 0 unspecified atom stereocenters. The van der Waals surface area contributed by atoms with Crippen molar-refractivity contribution >= 4 is 11.7 Å². The molecule has 23 heavy (non-hydrogen) atoms. The summed E-state index contributed by atoms with van der Waals surface area (Å²) in [5, 5.41) is 7.65. The van der Waals surface area contributed by atoms with Crippen LogP contribution >= 0.6 is 0 Å². The molecule has 1 N–H and O–H groups in total. The Hall–Kier alpha value is -2.37. The van der Waals surface area contributed by atoms with E-state index >= 15 is 0 Å². The van der Waals surface area contributed by atoms with Crippen LogP contribution in [-0.4, -0.2) is 44.7 Å². The standard InChI is InChI=1S/C17H21N5O/c23-17(13-4-7-16(18-11-13)20-14-5-6-14)21-9-1-3-15(12-21)22-10-2-8-19-22/h2,4,7-8,10-11,14-15H,1,3,5-6,9,12H2,(H,18,20)/t15-/m1/s1. The molecule has 120 valence electrons. The van der Waals surface area contributed by atoms with E-state index < -0.39 is 0 Å². The number of hydrogen-bond acceptors (Lipinski definition) is 4. The second-order valence-electron chi connectivity index (χ2n) is 6.38. The molecule has 1 saturated heterocycles. The summed E-state index contributed by atoms with van der Waals surface area (Å²) in [7, 11) is 0. The van der Waals surface area contributed by atoms with Crippen molar-refractivity contribution in [2.75, 3.05) is 18.4 Å². The molecule has 1 atom stereocenters. The molecule has 2 aromatic heterocycles. The lowest BCUT2D eigenvalue weighted by atomic mass is 10.0. The molecule has 1 aliphatic carbocycles. The fourth-order valence-electron chi connectivity index (χ4n) is 3.08. The number of carbonyl (C=O) groups excluding carboxylic acids is 1. The van der Waals surface area contributed by atoms with E-state index in [2.05, 4.69) is 15.4 Å². The maximum absolute atomic E-state index is 12.7. The summed E-state index contributed by atoms with van der Waals surface area (Å²) in [6, 6.07) is 6.54. The van der Waals surface area contributed by atoms with E-state index in [4.69, 9.17) is 0 Å². The van der Waals surface area contributed by atoms with Crippen molar-refractivity contribution in [2.45, 2.75) is 37.8 Å². The van der Waals surface area contributed by atoms with Gasteiger partial charge >= 0.3 is 0 Å². The van der Waals surface area contributed by atoms with Crippen LogP contribution in [0, 0.1) is 0 Å². The van der Waals surface area contributed by atoms with E-state index in [-0.39, 0.29) is 11.9 Å². The van der Waals surface area contributed by atoms with Gasteiger partial charge in [-0.2, -0.15) is 5.10 Å². The van der Waals surface area contributed by atoms with E-state index in [1.165, 1.54) is 12.8 Å². The van der Waals surface area contributed by atoms with Crippen LogP contribution in [0.2, 0.25) is 0 Å². The quantitative estimate of drug-likeness (QED) is 0.941. The molecule has 2 aliphatic rings. The van der Waals surface area contributed by atoms with Gasteiger partial charge in [0, 0.05) is 37.7 Å². The van der Waals surface area contributed by atoms with Gasteiger partial charge in [-0.15, -0.1) is 0 Å². The maximum Gasteiger partial charge on any atom is 0.255 e. The molecule has 1 aliphatic heterocycles. The number of nitrogens with zero attached hydrogens (tertiary/aromatic N) is 4. The summed E-state index contributed by atoms with van der Waals surface area (Å²) < 4.78 is 1.96. The monoisotopic (exact) mass is 311 g/mol. The summed E-state index contributed by atoms with van der Waals surface area (Å²) in [6.45, 7) is 1.52. The van der Waals surface area contributed by atoms with Crippen molar-refractivity contribution in [3.63, 3.8) is 0 Å². The Labute approximate surface area is 135 Å². The van der Waals surface area contributed by atoms with Gasteiger partial charge in [-0.05, 0) is 43.9 Å². The average molecular weight is 311 g/mol. The van der Waals surface area contributed by atoms with Crippen molar-refractivity contribution in [3.8, 4) is 0 Å². The first kappa shape index (κ1) is 14.2. The minimum absolute atomic E-state index is 0.0623. The Bertz CT molecular complexity index is 663. The summed E-state index contributed by atoms with van der Waals surface area (Å²) in [5.41, 5.74) is 0.660. The van der Waals surface area contributed by atoms with Crippen LogP contribution in [0.25, 0.3) is 0 Å². The third-order valence-corrected chi connectivity index (χ3v) is 4.52. The van der Waals surface area contributed by atoms with E-state index in [1.807, 2.05) is 34.0 Å². The Morgan fingerprint density at radius 3 is 2.87 bits per heavy atom. The zero-order valence-electron chi connectivity index (χ0n) is 13.1. The predicted molar refractivity (Wildman–Crippen MR) is 87.3 cm³/mol. The van der Waals surface area contributed by atoms with Gasteiger partial charge in [0.25, 0.3) is 5.91 Å². The second-order valence-corrected chi connectivity index (χ2v) is 6.38. The predicted octanol–water partition coefficient (Wildman–Crippen LogP) is 2.33. The lowest BCUT2D eigenvalue weighted by Crippen LogP contribution is -2.40. The van der Waals surface area contributed by atoms with Gasteiger partial charge in [0.15, 0.2) is 0 Å². The molecule has 0 bridgehead atoms. The van der Waals surface area contributed by atoms with Crippen LogP contribution in [-0.2, 0) is 0 Å². The van der Waals surface area contributed by atoms with Crippen molar-refractivity contribution < 1.29 is 4.79 Å². The highest BCUT2D eigenvalue weighted by Gasteiger charge is 2.26. The molecule has 1 saturated carbocycles. The zero-order chi connectivity index (χ0) is 15.6. The van der Waals surface area contributed by atoms with Crippen molar-refractivity contribution in [2.24, 2.45) is 0 Å². The molecule has 0 aromatic carbocycles. The number of carbonyl (C=O) groups is 1. The lowest BCUT2D eigenvalue weighted by Gasteiger charge is -2.32. The summed E-state index contributed by atoms with van der Waals surface area (Å²) in [6.07, 6.45) is 9.94. The Balaban J connectivity index is 1.43. The zero-order valence-corrected chi connectivity index (χ0v) is 13.1. The highest BCUT2D eigenvalue weighted by Crippen LogP contribution is 2.24. The molecule has 0 spiro atoms. The second kappa shape index (κ2) is 6.02. The van der Waals surface area contributed by atoms with Gasteiger partial charge in [-0.1, -0.05) is 0 Å². The highest BCUT2D eigenvalue weighted by molar-refractivity contribution is 5.94. The van der Waals surface area contributed by atoms with Crippen molar-refractivity contribution in [1.82, 2.24) is 19.7 Å². The van der Waals surface area contributed by atoms with Gasteiger partial charge < -0.3 is 10.2 Å². The largest absolute Gasteiger partial charge is 0.367 e. The molecule has 2 fully saturated rings. The summed E-state index contributed by atoms with van der Waals surface area (Å²) in [4.78, 5) is 19.0. The molecule has 2 aromatic rings. The van der Waals surface area contributed by atoms with Gasteiger partial charge in [0.1, 0.15) is 5.82 Å². The summed E-state index contributed by atoms with van der Waals surface area (Å²) in [5.74, 6) is 0.921. The fourth-order valence-corrected chi connectivity index (χ4v) is 3.08. The molecule has 1 amide bonds. The first-order valence-corrected chi connectivity index (χ1v) is 8.30. The van der Waals surface area contributed by atoms with Crippen LogP contribution in [0.4, 0.5) is 5.82 Å². The number of hydrogen-bond donors (Lipinski definition) is 1. The minimum Gasteiger partial charge on any atom is -0.367 e. The van der Waals surface area contributed by atoms with Crippen LogP contribution in [0.15, 0.2) is 36.8 Å². The number of rotatable bonds is 4. The molecular weight excluding hydrogens is 290 g/mol. The van der Waals surface area contributed by atoms with Gasteiger partial charge in [-0.25, -0.2) is 4.98 Å². The smallest absolute Gasteiger partial charge is 0.255 e.